The van der Waals surface area contributed by atoms with Gasteiger partial charge in [-0.25, -0.2) is 0 Å². The highest BCUT2D eigenvalue weighted by atomic mass is 79.9. The van der Waals surface area contributed by atoms with Crippen molar-refractivity contribution in [2.24, 2.45) is 0 Å². The Morgan fingerprint density at radius 1 is 1.05 bits per heavy atom. The van der Waals surface area contributed by atoms with Crippen molar-refractivity contribution in [2.75, 3.05) is 18.4 Å². The second kappa shape index (κ2) is 6.37. The summed E-state index contributed by atoms with van der Waals surface area (Å²) in [4.78, 5) is 2.57. The number of rotatable bonds is 3. The molecule has 1 heterocycles. The van der Waals surface area contributed by atoms with Crippen molar-refractivity contribution in [3.63, 3.8) is 0 Å². The highest BCUT2D eigenvalue weighted by Gasteiger charge is 2.20. The van der Waals surface area contributed by atoms with Crippen LogP contribution in [0.25, 0.3) is 10.8 Å². The first-order chi connectivity index (χ1) is 10.1. The summed E-state index contributed by atoms with van der Waals surface area (Å²) in [5.74, 6) is 0. The average Bonchev–Trinajstić information content (AvgIpc) is 2.48. The molecule has 1 saturated heterocycles. The largest absolute Gasteiger partial charge is 0.382 e. The molecule has 0 spiro atoms. The third-order valence-corrected chi connectivity index (χ3v) is 4.93. The zero-order valence-electron chi connectivity index (χ0n) is 12.8. The predicted octanol–water partition coefficient (Wildman–Crippen LogP) is 4.89. The Hall–Kier alpha value is -1.06. The molecule has 3 rings (SSSR count). The smallest absolute Gasteiger partial charge is 0.0348 e. The van der Waals surface area contributed by atoms with Crippen LogP contribution in [0.4, 0.5) is 5.69 Å². The number of piperidine rings is 1. The number of benzene rings is 2. The Morgan fingerprint density at radius 3 is 2.43 bits per heavy atom. The van der Waals surface area contributed by atoms with Gasteiger partial charge in [0.2, 0.25) is 0 Å². The fourth-order valence-electron chi connectivity index (χ4n) is 3.10. The van der Waals surface area contributed by atoms with Gasteiger partial charge in [-0.05, 0) is 61.7 Å². The van der Waals surface area contributed by atoms with Crippen LogP contribution in [0, 0.1) is 0 Å². The van der Waals surface area contributed by atoms with Crippen molar-refractivity contribution in [1.82, 2.24) is 4.90 Å². The molecular formula is C18H23BrN2. The maximum absolute atomic E-state index is 3.71. The van der Waals surface area contributed by atoms with Crippen molar-refractivity contribution in [2.45, 2.75) is 38.8 Å². The molecule has 1 aliphatic heterocycles. The van der Waals surface area contributed by atoms with Crippen molar-refractivity contribution >= 4 is 32.4 Å². The van der Waals surface area contributed by atoms with Gasteiger partial charge in [0.05, 0.1) is 0 Å². The topological polar surface area (TPSA) is 15.3 Å². The third kappa shape index (κ3) is 3.58. The number of nitrogens with one attached hydrogen (secondary N) is 1. The molecule has 2 aromatic carbocycles. The SMILES string of the molecule is CC(C)N1CCC(Nc2ccc3cc(Br)ccc3c2)CC1. The lowest BCUT2D eigenvalue weighted by Crippen LogP contribution is -2.42. The van der Waals surface area contributed by atoms with E-state index in [0.29, 0.717) is 12.1 Å². The van der Waals surface area contributed by atoms with Gasteiger partial charge in [-0.3, -0.25) is 0 Å². The van der Waals surface area contributed by atoms with Gasteiger partial charge in [0, 0.05) is 35.3 Å². The van der Waals surface area contributed by atoms with Gasteiger partial charge in [0.25, 0.3) is 0 Å². The van der Waals surface area contributed by atoms with Gasteiger partial charge >= 0.3 is 0 Å². The highest BCUT2D eigenvalue weighted by molar-refractivity contribution is 9.10. The molecule has 0 unspecified atom stereocenters. The molecule has 0 aliphatic carbocycles. The fraction of sp³-hybridized carbons (Fsp3) is 0.444. The van der Waals surface area contributed by atoms with E-state index in [-0.39, 0.29) is 0 Å². The van der Waals surface area contributed by atoms with Crippen molar-refractivity contribution in [3.05, 3.63) is 40.9 Å². The summed E-state index contributed by atoms with van der Waals surface area (Å²) < 4.78 is 1.14. The summed E-state index contributed by atoms with van der Waals surface area (Å²) in [6, 6.07) is 14.4. The summed E-state index contributed by atoms with van der Waals surface area (Å²) in [7, 11) is 0. The van der Waals surface area contributed by atoms with Gasteiger partial charge in [-0.2, -0.15) is 0 Å². The van der Waals surface area contributed by atoms with Crippen LogP contribution in [0.1, 0.15) is 26.7 Å². The standard InChI is InChI=1S/C18H23BrN2/c1-13(2)21-9-7-17(8-10-21)20-18-6-4-14-11-16(19)5-3-15(14)12-18/h3-6,11-13,17,20H,7-10H2,1-2H3. The molecule has 2 nitrogen and oxygen atoms in total. The molecule has 1 aliphatic rings. The lowest BCUT2D eigenvalue weighted by atomic mass is 10.0. The quantitative estimate of drug-likeness (QED) is 0.851. The van der Waals surface area contributed by atoms with Gasteiger partial charge in [-0.15, -0.1) is 0 Å². The molecule has 21 heavy (non-hydrogen) atoms. The van der Waals surface area contributed by atoms with Gasteiger partial charge in [0.1, 0.15) is 0 Å². The average molecular weight is 347 g/mol. The summed E-state index contributed by atoms with van der Waals surface area (Å²) in [5.41, 5.74) is 1.24. The molecule has 0 amide bonds. The zero-order chi connectivity index (χ0) is 14.8. The summed E-state index contributed by atoms with van der Waals surface area (Å²) >= 11 is 3.53. The normalized spacial score (nSPS) is 17.5. The van der Waals surface area contributed by atoms with Gasteiger partial charge < -0.3 is 10.2 Å². The Bertz CT molecular complexity index is 616. The highest BCUT2D eigenvalue weighted by Crippen LogP contribution is 2.24. The van der Waals surface area contributed by atoms with E-state index in [9.17, 15) is 0 Å². The van der Waals surface area contributed by atoms with Crippen molar-refractivity contribution < 1.29 is 0 Å². The Kier molecular flexibility index (Phi) is 4.51. The third-order valence-electron chi connectivity index (χ3n) is 4.43. The molecule has 112 valence electrons. The first-order valence-corrected chi connectivity index (χ1v) is 8.61. The van der Waals surface area contributed by atoms with Crippen LogP contribution in [-0.4, -0.2) is 30.1 Å². The number of nitrogens with zero attached hydrogens (tertiary/aromatic N) is 1. The molecule has 3 heteroatoms. The van der Waals surface area contributed by atoms with Crippen molar-refractivity contribution in [1.29, 1.82) is 0 Å². The van der Waals surface area contributed by atoms with E-state index in [1.807, 2.05) is 0 Å². The molecule has 1 fully saturated rings. The number of hydrogen-bond acceptors (Lipinski definition) is 2. The van der Waals surface area contributed by atoms with E-state index in [4.69, 9.17) is 0 Å². The second-order valence-corrected chi connectivity index (χ2v) is 7.17. The zero-order valence-corrected chi connectivity index (χ0v) is 14.4. The van der Waals surface area contributed by atoms with Crippen molar-refractivity contribution in [3.8, 4) is 0 Å². The van der Waals surface area contributed by atoms with Gasteiger partial charge in [0.15, 0.2) is 0 Å². The Labute approximate surface area is 135 Å². The minimum atomic E-state index is 0.605. The lowest BCUT2D eigenvalue weighted by Gasteiger charge is -2.35. The number of halogens is 1. The number of anilines is 1. The van der Waals surface area contributed by atoms with Crippen LogP contribution >= 0.6 is 15.9 Å². The van der Waals surface area contributed by atoms with Crippen LogP contribution in [0.2, 0.25) is 0 Å². The van der Waals surface area contributed by atoms with Crippen LogP contribution in [0.15, 0.2) is 40.9 Å². The molecular weight excluding hydrogens is 324 g/mol. The summed E-state index contributed by atoms with van der Waals surface area (Å²) in [6.45, 7) is 6.98. The first-order valence-electron chi connectivity index (χ1n) is 7.82. The molecule has 0 radical (unpaired) electrons. The summed E-state index contributed by atoms with van der Waals surface area (Å²) in [6.07, 6.45) is 2.47. The van der Waals surface area contributed by atoms with Crippen LogP contribution in [-0.2, 0) is 0 Å². The lowest BCUT2D eigenvalue weighted by molar-refractivity contribution is 0.177. The van der Waals surface area contributed by atoms with Gasteiger partial charge in [-0.1, -0.05) is 28.1 Å². The number of hydrogen-bond donors (Lipinski definition) is 1. The maximum atomic E-state index is 3.71. The Balaban J connectivity index is 1.67. The molecule has 1 N–H and O–H groups in total. The molecule has 0 aromatic heterocycles. The van der Waals surface area contributed by atoms with Crippen LogP contribution < -0.4 is 5.32 Å². The van der Waals surface area contributed by atoms with E-state index < -0.39 is 0 Å². The minimum absolute atomic E-state index is 0.605. The molecule has 0 atom stereocenters. The van der Waals surface area contributed by atoms with E-state index in [1.54, 1.807) is 0 Å². The molecule has 2 aromatic rings. The van der Waals surface area contributed by atoms with Crippen LogP contribution in [0.5, 0.6) is 0 Å². The van der Waals surface area contributed by atoms with E-state index >= 15 is 0 Å². The fourth-order valence-corrected chi connectivity index (χ4v) is 3.48. The minimum Gasteiger partial charge on any atom is -0.382 e. The second-order valence-electron chi connectivity index (χ2n) is 6.25. The Morgan fingerprint density at radius 2 is 1.71 bits per heavy atom. The monoisotopic (exact) mass is 346 g/mol. The van der Waals surface area contributed by atoms with Crippen LogP contribution in [0.3, 0.4) is 0 Å². The number of fused-ring (bicyclic) bond motifs is 1. The first kappa shape index (κ1) is 14.9. The number of likely N-dealkylation sites (tertiary alicyclic amines) is 1. The van der Waals surface area contributed by atoms with E-state index in [0.717, 1.165) is 4.47 Å². The van der Waals surface area contributed by atoms with E-state index in [2.05, 4.69) is 76.4 Å². The predicted molar refractivity (Wildman–Crippen MR) is 95.0 cm³/mol. The summed E-state index contributed by atoms with van der Waals surface area (Å²) in [5, 5.41) is 6.28. The molecule has 0 saturated carbocycles. The maximum Gasteiger partial charge on any atom is 0.0348 e. The van der Waals surface area contributed by atoms with E-state index in [1.165, 1.54) is 42.4 Å². The molecule has 0 bridgehead atoms.